The number of carboxylic acids is 1. The molecule has 0 aromatic carbocycles. The number of hydrogen-bond donors (Lipinski definition) is 8. The number of carbonyl (C=O) groups is 5. The Balaban J connectivity index is 4.95. The van der Waals surface area contributed by atoms with E-state index in [1.54, 1.807) is 6.26 Å². The summed E-state index contributed by atoms with van der Waals surface area (Å²) < 4.78 is 0. The summed E-state index contributed by atoms with van der Waals surface area (Å²) in [6, 6.07) is -5.13. The fraction of sp³-hybridized carbons (Fsp3) is 0.667. The number of aliphatic hydroxyl groups excluding tert-OH is 1. The van der Waals surface area contributed by atoms with Gasteiger partial charge in [-0.1, -0.05) is 0 Å². The van der Waals surface area contributed by atoms with Crippen LogP contribution in [-0.4, -0.2) is 88.3 Å². The van der Waals surface area contributed by atoms with Gasteiger partial charge in [0.15, 0.2) is 0 Å². The standard InChI is InChI=1S/C15H27N5O7S2/c1-29-3-2-8(15(26)27)18-14(25)10(6-28)20-13(24)9(5-21)19-12(23)7(16)4-11(17)22/h7-10,21,28H,2-6,16H2,1H3,(H2,17,22)(H,18,25)(H,19,23)(H,20,24)(H,26,27). The average molecular weight is 454 g/mol. The van der Waals surface area contributed by atoms with Crippen LogP contribution in [0.5, 0.6) is 0 Å². The number of rotatable bonds is 14. The highest BCUT2D eigenvalue weighted by atomic mass is 32.2. The van der Waals surface area contributed by atoms with Crippen molar-refractivity contribution in [3.63, 3.8) is 0 Å². The monoisotopic (exact) mass is 453 g/mol. The number of carbonyl (C=O) groups excluding carboxylic acids is 4. The van der Waals surface area contributed by atoms with Gasteiger partial charge >= 0.3 is 5.97 Å². The molecule has 0 heterocycles. The minimum absolute atomic E-state index is 0.167. The van der Waals surface area contributed by atoms with E-state index in [4.69, 9.17) is 16.6 Å². The van der Waals surface area contributed by atoms with Gasteiger partial charge < -0.3 is 37.6 Å². The zero-order valence-electron chi connectivity index (χ0n) is 15.8. The van der Waals surface area contributed by atoms with Crippen molar-refractivity contribution in [2.75, 3.05) is 24.4 Å². The first kappa shape index (κ1) is 27.0. The van der Waals surface area contributed by atoms with Gasteiger partial charge in [0.25, 0.3) is 0 Å². The molecule has 0 saturated heterocycles. The number of nitrogens with two attached hydrogens (primary N) is 2. The molecule has 9 N–H and O–H groups in total. The van der Waals surface area contributed by atoms with Crippen LogP contribution < -0.4 is 27.4 Å². The van der Waals surface area contributed by atoms with Gasteiger partial charge in [-0.15, -0.1) is 0 Å². The van der Waals surface area contributed by atoms with Gasteiger partial charge in [-0.05, 0) is 18.4 Å². The molecule has 4 unspecified atom stereocenters. The predicted octanol–water partition coefficient (Wildman–Crippen LogP) is -3.60. The SMILES string of the molecule is CSCCC(NC(=O)C(CS)NC(=O)C(CO)NC(=O)C(N)CC(N)=O)C(=O)O. The first-order chi connectivity index (χ1) is 13.6. The molecule has 0 aliphatic heterocycles. The number of thiol groups is 1. The number of primary amides is 1. The molecule has 0 saturated carbocycles. The van der Waals surface area contributed by atoms with E-state index in [0.717, 1.165) is 0 Å². The zero-order chi connectivity index (χ0) is 22.6. The lowest BCUT2D eigenvalue weighted by molar-refractivity contribution is -0.142. The van der Waals surface area contributed by atoms with Crippen LogP contribution in [0.4, 0.5) is 0 Å². The van der Waals surface area contributed by atoms with Crippen molar-refractivity contribution in [3.05, 3.63) is 0 Å². The Morgan fingerprint density at radius 3 is 1.97 bits per heavy atom. The second kappa shape index (κ2) is 14.0. The number of amides is 4. The molecular weight excluding hydrogens is 426 g/mol. The van der Waals surface area contributed by atoms with E-state index < -0.39 is 66.8 Å². The van der Waals surface area contributed by atoms with Gasteiger partial charge in [-0.3, -0.25) is 19.2 Å². The number of aliphatic hydroxyl groups is 1. The maximum atomic E-state index is 12.3. The Labute approximate surface area is 177 Å². The topological polar surface area (TPSA) is 214 Å². The molecule has 0 aliphatic carbocycles. The molecule has 4 amide bonds. The van der Waals surface area contributed by atoms with Crippen molar-refractivity contribution >= 4 is 54.0 Å². The second-order valence-corrected chi connectivity index (χ2v) is 7.30. The molecule has 0 fully saturated rings. The normalized spacial score (nSPS) is 14.8. The van der Waals surface area contributed by atoms with E-state index in [1.165, 1.54) is 11.8 Å². The Morgan fingerprint density at radius 1 is 1.00 bits per heavy atom. The van der Waals surface area contributed by atoms with Crippen LogP contribution in [0.15, 0.2) is 0 Å². The largest absolute Gasteiger partial charge is 0.480 e. The molecule has 166 valence electrons. The van der Waals surface area contributed by atoms with Crippen molar-refractivity contribution < 1.29 is 34.2 Å². The molecule has 0 radical (unpaired) electrons. The lowest BCUT2D eigenvalue weighted by Crippen LogP contribution is -2.58. The van der Waals surface area contributed by atoms with Crippen LogP contribution in [-0.2, 0) is 24.0 Å². The fourth-order valence-electron chi connectivity index (χ4n) is 2.01. The van der Waals surface area contributed by atoms with Crippen molar-refractivity contribution in [1.82, 2.24) is 16.0 Å². The highest BCUT2D eigenvalue weighted by Crippen LogP contribution is 2.02. The Hall–Kier alpha value is -2.03. The number of thioether (sulfide) groups is 1. The van der Waals surface area contributed by atoms with Crippen molar-refractivity contribution in [1.29, 1.82) is 0 Å². The zero-order valence-corrected chi connectivity index (χ0v) is 17.5. The van der Waals surface area contributed by atoms with Crippen LogP contribution in [0.1, 0.15) is 12.8 Å². The van der Waals surface area contributed by atoms with Crippen LogP contribution in [0, 0.1) is 0 Å². The number of hydrogen-bond acceptors (Lipinski definition) is 9. The van der Waals surface area contributed by atoms with Crippen LogP contribution in [0.25, 0.3) is 0 Å². The molecule has 0 aromatic rings. The molecule has 29 heavy (non-hydrogen) atoms. The van der Waals surface area contributed by atoms with Gasteiger partial charge in [0.05, 0.1) is 19.1 Å². The second-order valence-electron chi connectivity index (χ2n) is 5.95. The number of nitrogens with one attached hydrogen (secondary N) is 3. The summed E-state index contributed by atoms with van der Waals surface area (Å²) in [5.74, 6) is -4.31. The number of aliphatic carboxylic acids is 1. The smallest absolute Gasteiger partial charge is 0.326 e. The lowest BCUT2D eigenvalue weighted by Gasteiger charge is -2.23. The quantitative estimate of drug-likeness (QED) is 0.122. The first-order valence-electron chi connectivity index (χ1n) is 8.45. The van der Waals surface area contributed by atoms with Gasteiger partial charge in [0, 0.05) is 5.75 Å². The maximum Gasteiger partial charge on any atom is 0.326 e. The molecular formula is C15H27N5O7S2. The van der Waals surface area contributed by atoms with E-state index in [-0.39, 0.29) is 12.2 Å². The molecule has 12 nitrogen and oxygen atoms in total. The maximum absolute atomic E-state index is 12.3. The van der Waals surface area contributed by atoms with E-state index in [1.807, 2.05) is 0 Å². The summed E-state index contributed by atoms with van der Waals surface area (Å²) in [6.45, 7) is -0.812. The third-order valence-corrected chi connectivity index (χ3v) is 4.62. The molecule has 0 spiro atoms. The van der Waals surface area contributed by atoms with Crippen LogP contribution >= 0.6 is 24.4 Å². The van der Waals surface area contributed by atoms with Crippen molar-refractivity contribution in [3.8, 4) is 0 Å². The minimum Gasteiger partial charge on any atom is -0.480 e. The van der Waals surface area contributed by atoms with Gasteiger partial charge in [-0.25, -0.2) is 4.79 Å². The van der Waals surface area contributed by atoms with E-state index in [0.29, 0.717) is 5.75 Å². The Morgan fingerprint density at radius 2 is 1.52 bits per heavy atom. The van der Waals surface area contributed by atoms with Crippen molar-refractivity contribution in [2.45, 2.75) is 37.0 Å². The molecule has 0 aromatic heterocycles. The fourth-order valence-corrected chi connectivity index (χ4v) is 2.74. The summed E-state index contributed by atoms with van der Waals surface area (Å²) in [5, 5.41) is 25.2. The van der Waals surface area contributed by atoms with Crippen LogP contribution in [0.3, 0.4) is 0 Å². The molecule has 4 atom stereocenters. The lowest BCUT2D eigenvalue weighted by atomic mass is 10.1. The average Bonchev–Trinajstić information content (AvgIpc) is 2.65. The number of carboxylic acid groups (broad SMARTS) is 1. The summed E-state index contributed by atoms with van der Waals surface area (Å²) in [7, 11) is 0. The molecule has 0 aliphatic rings. The third kappa shape index (κ3) is 10.3. The molecule has 0 bridgehead atoms. The molecule has 14 heteroatoms. The molecule has 0 rings (SSSR count). The third-order valence-electron chi connectivity index (χ3n) is 3.61. The van der Waals surface area contributed by atoms with Crippen molar-refractivity contribution in [2.24, 2.45) is 11.5 Å². The first-order valence-corrected chi connectivity index (χ1v) is 10.5. The summed E-state index contributed by atoms with van der Waals surface area (Å²) in [6.07, 6.45) is 1.51. The summed E-state index contributed by atoms with van der Waals surface area (Å²) in [4.78, 5) is 58.5. The van der Waals surface area contributed by atoms with Gasteiger partial charge in [-0.2, -0.15) is 24.4 Å². The summed E-state index contributed by atoms with van der Waals surface area (Å²) in [5.41, 5.74) is 10.4. The van der Waals surface area contributed by atoms with Crippen LogP contribution in [0.2, 0.25) is 0 Å². The van der Waals surface area contributed by atoms with E-state index >= 15 is 0 Å². The summed E-state index contributed by atoms with van der Waals surface area (Å²) >= 11 is 5.37. The Kier molecular flexibility index (Phi) is 13.0. The van der Waals surface area contributed by atoms with Gasteiger partial charge in [0.2, 0.25) is 23.6 Å². The Bertz CT molecular complexity index is 608. The highest BCUT2D eigenvalue weighted by molar-refractivity contribution is 7.98. The highest BCUT2D eigenvalue weighted by Gasteiger charge is 2.29. The predicted molar refractivity (Wildman–Crippen MR) is 109 cm³/mol. The van der Waals surface area contributed by atoms with Gasteiger partial charge in [0.1, 0.15) is 18.1 Å². The van der Waals surface area contributed by atoms with E-state index in [9.17, 15) is 29.1 Å². The van der Waals surface area contributed by atoms with E-state index in [2.05, 4.69) is 28.6 Å². The minimum atomic E-state index is -1.46.